The Labute approximate surface area is 52.7 Å². The van der Waals surface area contributed by atoms with Crippen LogP contribution in [0.3, 0.4) is 0 Å². The molecule has 0 amide bonds. The molecular formula is F2GeNa. The molecule has 0 aliphatic rings. The van der Waals surface area contributed by atoms with E-state index in [1.165, 1.54) is 0 Å². The molecule has 0 aliphatic heterocycles. The van der Waals surface area contributed by atoms with E-state index in [-0.39, 0.29) is 29.6 Å². The summed E-state index contributed by atoms with van der Waals surface area (Å²) in [5, 5.41) is 0. The third-order valence-corrected chi connectivity index (χ3v) is 0. The minimum absolute atomic E-state index is 0. The molecule has 0 aromatic rings. The van der Waals surface area contributed by atoms with Crippen molar-refractivity contribution in [1.82, 2.24) is 0 Å². The van der Waals surface area contributed by atoms with Gasteiger partial charge in [-0.3, -0.25) is 0 Å². The Balaban J connectivity index is 0. The fourth-order valence-electron chi connectivity index (χ4n) is 0. The zero-order valence-corrected chi connectivity index (χ0v) is 6.35. The fraction of sp³-hybridized carbons (Fsp3) is 0. The summed E-state index contributed by atoms with van der Waals surface area (Å²) in [4.78, 5) is 0. The Morgan fingerprint density at radius 1 is 1.25 bits per heavy atom. The van der Waals surface area contributed by atoms with Crippen molar-refractivity contribution in [3.05, 3.63) is 0 Å². The van der Waals surface area contributed by atoms with Crippen LogP contribution >= 0.6 is 0 Å². The van der Waals surface area contributed by atoms with Gasteiger partial charge in [0.2, 0.25) is 0 Å². The molecule has 0 aromatic heterocycles. The second-order valence-corrected chi connectivity index (χ2v) is 0.371. The van der Waals surface area contributed by atoms with Crippen molar-refractivity contribution in [2.75, 3.05) is 0 Å². The Kier molecular flexibility index (Phi) is 20.0. The predicted molar refractivity (Wildman–Crippen MR) is 13.7 cm³/mol. The van der Waals surface area contributed by atoms with Gasteiger partial charge in [0.1, 0.15) is 0 Å². The molecule has 0 nitrogen and oxygen atoms in total. The van der Waals surface area contributed by atoms with Crippen LogP contribution in [-0.4, -0.2) is 45.9 Å². The van der Waals surface area contributed by atoms with Gasteiger partial charge in [0.25, 0.3) is 0 Å². The van der Waals surface area contributed by atoms with Crippen LogP contribution in [0.25, 0.3) is 0 Å². The molecular weight excluding hydrogens is 134 g/mol. The summed E-state index contributed by atoms with van der Waals surface area (Å²) >= 11 is -2.50. The van der Waals surface area contributed by atoms with E-state index in [4.69, 9.17) is 0 Å². The van der Waals surface area contributed by atoms with Crippen LogP contribution in [-0.2, 0) is 0 Å². The van der Waals surface area contributed by atoms with E-state index in [0.717, 1.165) is 0 Å². The smallest absolute Gasteiger partial charge is 0 e. The van der Waals surface area contributed by atoms with Crippen LogP contribution in [0.2, 0.25) is 0 Å². The fourth-order valence-corrected chi connectivity index (χ4v) is 0. The van der Waals surface area contributed by atoms with E-state index in [9.17, 15) is 7.00 Å². The first-order valence-electron chi connectivity index (χ1n) is 0.378. The molecule has 0 aliphatic carbocycles. The van der Waals surface area contributed by atoms with E-state index in [1.807, 2.05) is 0 Å². The molecule has 0 bridgehead atoms. The molecule has 19 valence electrons. The van der Waals surface area contributed by atoms with Gasteiger partial charge in [-0.2, -0.15) is 0 Å². The summed E-state index contributed by atoms with van der Waals surface area (Å²) in [7, 11) is 0. The molecule has 0 fully saturated rings. The molecule has 0 spiro atoms. The van der Waals surface area contributed by atoms with Crippen LogP contribution in [0, 0.1) is 0 Å². The van der Waals surface area contributed by atoms with Crippen molar-refractivity contribution in [2.45, 2.75) is 0 Å². The first-order chi connectivity index (χ1) is 1.41. The van der Waals surface area contributed by atoms with Crippen molar-refractivity contribution < 1.29 is 7.00 Å². The van der Waals surface area contributed by atoms with Crippen LogP contribution in [0.5, 0.6) is 0 Å². The number of hydrogen-bond donors (Lipinski definition) is 0. The van der Waals surface area contributed by atoms with Gasteiger partial charge in [0.15, 0.2) is 0 Å². The Morgan fingerprint density at radius 3 is 1.25 bits per heavy atom. The summed E-state index contributed by atoms with van der Waals surface area (Å²) < 4.78 is 19.5. The standard InChI is InChI=1S/F2Ge.Na/c1-3-2;. The molecule has 4 heavy (non-hydrogen) atoms. The van der Waals surface area contributed by atoms with E-state index < -0.39 is 16.4 Å². The topological polar surface area (TPSA) is 0 Å². The normalized spacial score (nSPS) is 4.50. The quantitative estimate of drug-likeness (QED) is 0.411. The maximum absolute atomic E-state index is 9.75. The van der Waals surface area contributed by atoms with Crippen LogP contribution in [0.4, 0.5) is 7.00 Å². The van der Waals surface area contributed by atoms with Crippen molar-refractivity contribution in [3.63, 3.8) is 0 Å². The van der Waals surface area contributed by atoms with E-state index >= 15 is 0 Å². The number of rotatable bonds is 0. The monoisotopic (exact) mass is 135 g/mol. The first kappa shape index (κ1) is 9.04. The predicted octanol–water partition coefficient (Wildman–Crippen LogP) is 0.0788. The molecule has 4 heteroatoms. The molecule has 0 aromatic carbocycles. The zero-order chi connectivity index (χ0) is 2.71. The number of halogens is 2. The summed E-state index contributed by atoms with van der Waals surface area (Å²) in [6.45, 7) is 0. The van der Waals surface area contributed by atoms with Crippen LogP contribution < -0.4 is 0 Å². The summed E-state index contributed by atoms with van der Waals surface area (Å²) in [5.74, 6) is 0. The van der Waals surface area contributed by atoms with Gasteiger partial charge in [-0.25, -0.2) is 0 Å². The summed E-state index contributed by atoms with van der Waals surface area (Å²) in [6, 6.07) is 0. The Hall–Kier alpha value is 1.40. The third kappa shape index (κ3) is 9.98. The minimum Gasteiger partial charge on any atom is 0 e. The molecule has 0 rings (SSSR count). The van der Waals surface area contributed by atoms with Gasteiger partial charge in [-0.1, -0.05) is 0 Å². The minimum atomic E-state index is -2.50. The number of hydrogen-bond acceptors (Lipinski definition) is 0. The molecule has 3 radical (unpaired) electrons. The van der Waals surface area contributed by atoms with Gasteiger partial charge in [-0.05, 0) is 0 Å². The largest absolute Gasteiger partial charge is 0 e. The van der Waals surface area contributed by atoms with Crippen molar-refractivity contribution in [1.29, 1.82) is 0 Å². The van der Waals surface area contributed by atoms with E-state index in [0.29, 0.717) is 0 Å². The Morgan fingerprint density at radius 2 is 1.25 bits per heavy atom. The van der Waals surface area contributed by atoms with Gasteiger partial charge in [0, 0.05) is 29.6 Å². The molecule has 0 atom stereocenters. The average molecular weight is 134 g/mol. The van der Waals surface area contributed by atoms with Crippen molar-refractivity contribution >= 4 is 45.9 Å². The molecule has 0 saturated heterocycles. The van der Waals surface area contributed by atoms with E-state index in [2.05, 4.69) is 0 Å². The van der Waals surface area contributed by atoms with Crippen LogP contribution in [0.15, 0.2) is 0 Å². The van der Waals surface area contributed by atoms with Gasteiger partial charge in [-0.15, -0.1) is 0 Å². The van der Waals surface area contributed by atoms with E-state index in [1.54, 1.807) is 0 Å². The van der Waals surface area contributed by atoms with Crippen LogP contribution in [0.1, 0.15) is 0 Å². The second-order valence-electron chi connectivity index (χ2n) is 0.0714. The SMILES string of the molecule is [F][Ge][F].[Na]. The maximum atomic E-state index is 9.75. The maximum Gasteiger partial charge on any atom is 0 e. The van der Waals surface area contributed by atoms with Gasteiger partial charge < -0.3 is 0 Å². The third-order valence-electron chi connectivity index (χ3n) is 0. The molecule has 0 saturated carbocycles. The average Bonchev–Trinajstić information content (AvgIpc) is 0.918. The molecule has 0 heterocycles. The second kappa shape index (κ2) is 8.83. The van der Waals surface area contributed by atoms with Crippen molar-refractivity contribution in [2.24, 2.45) is 0 Å². The van der Waals surface area contributed by atoms with Gasteiger partial charge >= 0.3 is 23.4 Å². The first-order valence-corrected chi connectivity index (χ1v) is 1.96. The zero-order valence-electron chi connectivity index (χ0n) is 2.26. The Bertz CT molecular complexity index is 6.00. The van der Waals surface area contributed by atoms with Crippen molar-refractivity contribution in [3.8, 4) is 0 Å². The summed E-state index contributed by atoms with van der Waals surface area (Å²) in [6.07, 6.45) is 0. The molecule has 0 unspecified atom stereocenters. The summed E-state index contributed by atoms with van der Waals surface area (Å²) in [5.41, 5.74) is 0. The van der Waals surface area contributed by atoms with Gasteiger partial charge in [0.05, 0.1) is 0 Å². The molecule has 0 N–H and O–H groups in total.